The average Bonchev–Trinajstić information content (AvgIpc) is 3.05. The van der Waals surface area contributed by atoms with Gasteiger partial charge in [-0.05, 0) is 18.2 Å². The van der Waals surface area contributed by atoms with E-state index in [4.69, 9.17) is 32.8 Å². The van der Waals surface area contributed by atoms with E-state index >= 15 is 0 Å². The van der Waals surface area contributed by atoms with Gasteiger partial charge in [0.1, 0.15) is 16.5 Å². The summed E-state index contributed by atoms with van der Waals surface area (Å²) in [6.45, 7) is 1.33. The summed E-state index contributed by atoms with van der Waals surface area (Å²) >= 11 is 12.5. The summed E-state index contributed by atoms with van der Waals surface area (Å²) in [7, 11) is 1.52. The first-order valence-corrected chi connectivity index (χ1v) is 8.28. The van der Waals surface area contributed by atoms with Crippen molar-refractivity contribution in [2.45, 2.75) is 6.61 Å². The Morgan fingerprint density at radius 3 is 2.92 bits per heavy atom. The molecule has 0 amide bonds. The van der Waals surface area contributed by atoms with Crippen molar-refractivity contribution >= 4 is 34.8 Å². The fourth-order valence-corrected chi connectivity index (χ4v) is 2.82. The molecule has 1 aliphatic rings. The number of aliphatic imine (C=N–C) groups is 1. The largest absolute Gasteiger partial charge is 0.618 e. The molecule has 0 radical (unpaired) electrons. The second kappa shape index (κ2) is 7.77. The standard InChI is InChI=1S/C16H16Cl2N4O3/c1-24-13-6-5-12(17)15(14(13)18)20-16-19-7-9-22(16)25-10-11-4-2-3-8-21(11)23/h2-6,8H,7,9-10H2,1H3,(H,19,20). The Kier molecular flexibility index (Phi) is 5.47. The molecule has 7 nitrogen and oxygen atoms in total. The molecule has 3 rings (SSSR count). The van der Waals surface area contributed by atoms with Crippen LogP contribution in [0.2, 0.25) is 10.0 Å². The molecule has 25 heavy (non-hydrogen) atoms. The number of ether oxygens (including phenoxy) is 1. The van der Waals surface area contributed by atoms with E-state index in [0.29, 0.717) is 46.2 Å². The summed E-state index contributed by atoms with van der Waals surface area (Å²) in [5.41, 5.74) is 0.880. The van der Waals surface area contributed by atoms with Gasteiger partial charge in [0.2, 0.25) is 11.7 Å². The van der Waals surface area contributed by atoms with Crippen molar-refractivity contribution < 1.29 is 14.3 Å². The molecule has 0 unspecified atom stereocenters. The van der Waals surface area contributed by atoms with Crippen molar-refractivity contribution in [3.63, 3.8) is 0 Å². The summed E-state index contributed by atoms with van der Waals surface area (Å²) in [4.78, 5) is 10.2. The van der Waals surface area contributed by atoms with Gasteiger partial charge >= 0.3 is 0 Å². The zero-order valence-corrected chi connectivity index (χ0v) is 14.9. The smallest absolute Gasteiger partial charge is 0.223 e. The molecule has 0 atom stereocenters. The van der Waals surface area contributed by atoms with Crippen LogP contribution >= 0.6 is 23.2 Å². The van der Waals surface area contributed by atoms with Crippen LogP contribution in [0.3, 0.4) is 0 Å². The minimum Gasteiger partial charge on any atom is -0.618 e. The number of hydroxylamine groups is 2. The van der Waals surface area contributed by atoms with E-state index in [-0.39, 0.29) is 6.61 Å². The molecule has 1 aromatic carbocycles. The summed E-state index contributed by atoms with van der Waals surface area (Å²) < 4.78 is 5.95. The predicted molar refractivity (Wildman–Crippen MR) is 95.0 cm³/mol. The molecule has 2 heterocycles. The van der Waals surface area contributed by atoms with Gasteiger partial charge in [0.15, 0.2) is 12.8 Å². The Morgan fingerprint density at radius 2 is 2.16 bits per heavy atom. The molecule has 132 valence electrons. The van der Waals surface area contributed by atoms with Gasteiger partial charge in [0, 0.05) is 18.7 Å². The molecule has 0 bridgehead atoms. The van der Waals surface area contributed by atoms with E-state index in [2.05, 4.69) is 10.3 Å². The highest BCUT2D eigenvalue weighted by Gasteiger charge is 2.22. The van der Waals surface area contributed by atoms with Crippen LogP contribution in [0.5, 0.6) is 5.75 Å². The van der Waals surface area contributed by atoms with Crippen LogP contribution in [0.4, 0.5) is 5.69 Å². The van der Waals surface area contributed by atoms with Crippen LogP contribution in [0.1, 0.15) is 5.69 Å². The predicted octanol–water partition coefficient (Wildman–Crippen LogP) is 2.66. The fraction of sp³-hybridized carbons (Fsp3) is 0.250. The summed E-state index contributed by atoms with van der Waals surface area (Å²) in [5, 5.41) is 17.1. The van der Waals surface area contributed by atoms with E-state index in [1.807, 2.05) is 0 Å². The molecule has 1 fully saturated rings. The topological polar surface area (TPSA) is 73.0 Å². The van der Waals surface area contributed by atoms with Crippen molar-refractivity contribution in [2.24, 2.45) is 4.99 Å². The lowest BCUT2D eigenvalue weighted by atomic mass is 10.3. The third-order valence-electron chi connectivity index (χ3n) is 3.58. The fourth-order valence-electron chi connectivity index (χ4n) is 2.29. The number of nitrogens with zero attached hydrogens (tertiary/aromatic N) is 3. The monoisotopic (exact) mass is 382 g/mol. The van der Waals surface area contributed by atoms with Crippen LogP contribution < -0.4 is 14.8 Å². The van der Waals surface area contributed by atoms with Crippen molar-refractivity contribution in [1.82, 2.24) is 10.4 Å². The number of aromatic nitrogens is 1. The lowest BCUT2D eigenvalue weighted by Gasteiger charge is -2.17. The highest BCUT2D eigenvalue weighted by Crippen LogP contribution is 2.39. The van der Waals surface area contributed by atoms with E-state index in [1.165, 1.54) is 13.3 Å². The van der Waals surface area contributed by atoms with Gasteiger partial charge in [-0.3, -0.25) is 4.84 Å². The molecule has 0 saturated carbocycles. The van der Waals surface area contributed by atoms with E-state index in [1.54, 1.807) is 35.4 Å². The number of nitrogens with one attached hydrogen (secondary N) is 1. The Morgan fingerprint density at radius 1 is 1.32 bits per heavy atom. The second-order valence-electron chi connectivity index (χ2n) is 5.17. The van der Waals surface area contributed by atoms with Gasteiger partial charge in [-0.2, -0.15) is 4.73 Å². The highest BCUT2D eigenvalue weighted by atomic mass is 35.5. The first kappa shape index (κ1) is 17.6. The molecule has 1 N–H and O–H groups in total. The zero-order valence-electron chi connectivity index (χ0n) is 13.4. The van der Waals surface area contributed by atoms with Crippen LogP contribution in [0.15, 0.2) is 41.5 Å². The van der Waals surface area contributed by atoms with Gasteiger partial charge in [-0.15, -0.1) is 0 Å². The molecular weight excluding hydrogens is 367 g/mol. The zero-order chi connectivity index (χ0) is 17.8. The van der Waals surface area contributed by atoms with Gasteiger partial charge in [0.25, 0.3) is 0 Å². The molecule has 0 aliphatic carbocycles. The first-order chi connectivity index (χ1) is 12.1. The Bertz CT molecular complexity index is 801. The van der Waals surface area contributed by atoms with Crippen LogP contribution in [-0.4, -0.2) is 31.2 Å². The molecule has 1 aromatic heterocycles. The molecular formula is C16H16Cl2N4O3. The maximum Gasteiger partial charge on any atom is 0.223 e. The SMILES string of the molecule is COc1ccc(Cl)c(/N=C2\NCCN2OCc2cccc[n+]2[O-])c1Cl. The Hall–Kier alpha value is -2.22. The molecule has 1 aliphatic heterocycles. The van der Waals surface area contributed by atoms with Crippen molar-refractivity contribution in [3.8, 4) is 5.75 Å². The summed E-state index contributed by atoms with van der Waals surface area (Å²) in [5.74, 6) is 0.943. The van der Waals surface area contributed by atoms with Gasteiger partial charge in [-0.25, -0.2) is 10.1 Å². The number of rotatable bonds is 5. The van der Waals surface area contributed by atoms with Crippen LogP contribution in [0.25, 0.3) is 0 Å². The third-order valence-corrected chi connectivity index (χ3v) is 4.25. The minimum absolute atomic E-state index is 0.116. The Balaban J connectivity index is 1.80. The number of hydrogen-bond donors (Lipinski definition) is 1. The second-order valence-corrected chi connectivity index (χ2v) is 5.95. The molecule has 1 saturated heterocycles. The van der Waals surface area contributed by atoms with Crippen molar-refractivity contribution in [1.29, 1.82) is 0 Å². The molecule has 2 aromatic rings. The summed E-state index contributed by atoms with van der Waals surface area (Å²) in [6.07, 6.45) is 1.42. The lowest BCUT2D eigenvalue weighted by molar-refractivity contribution is -0.617. The van der Waals surface area contributed by atoms with Gasteiger partial charge in [-0.1, -0.05) is 23.2 Å². The van der Waals surface area contributed by atoms with Crippen molar-refractivity contribution in [3.05, 3.63) is 57.5 Å². The van der Waals surface area contributed by atoms with E-state index in [0.717, 1.165) is 4.73 Å². The summed E-state index contributed by atoms with van der Waals surface area (Å²) in [6, 6.07) is 8.47. The number of guanidine groups is 1. The third kappa shape index (κ3) is 3.89. The maximum atomic E-state index is 11.7. The quantitative estimate of drug-likeness (QED) is 0.635. The maximum absolute atomic E-state index is 11.7. The molecule has 0 spiro atoms. The van der Waals surface area contributed by atoms with Crippen molar-refractivity contribution in [2.75, 3.05) is 20.2 Å². The number of hydrogen-bond acceptors (Lipinski definition) is 4. The highest BCUT2D eigenvalue weighted by molar-refractivity contribution is 6.39. The van der Waals surface area contributed by atoms with Gasteiger partial charge in [0.05, 0.1) is 18.7 Å². The molecule has 9 heteroatoms. The number of pyridine rings is 1. The number of benzene rings is 1. The lowest BCUT2D eigenvalue weighted by Crippen LogP contribution is -2.35. The average molecular weight is 383 g/mol. The first-order valence-electron chi connectivity index (χ1n) is 7.52. The van der Waals surface area contributed by atoms with E-state index < -0.39 is 0 Å². The van der Waals surface area contributed by atoms with Crippen LogP contribution in [0, 0.1) is 5.21 Å². The number of halogens is 2. The van der Waals surface area contributed by atoms with E-state index in [9.17, 15) is 5.21 Å². The normalized spacial score (nSPS) is 15.5. The Labute approximate surface area is 154 Å². The van der Waals surface area contributed by atoms with Gasteiger partial charge < -0.3 is 15.3 Å². The minimum atomic E-state index is 0.116. The van der Waals surface area contributed by atoms with Crippen LogP contribution in [-0.2, 0) is 11.4 Å². The number of methoxy groups -OCH3 is 1.